The summed E-state index contributed by atoms with van der Waals surface area (Å²) in [6, 6.07) is 9.18. The molecule has 18 heavy (non-hydrogen) atoms. The Hall–Kier alpha value is -0.990. The van der Waals surface area contributed by atoms with Crippen LogP contribution in [0.2, 0.25) is 0 Å². The van der Waals surface area contributed by atoms with E-state index in [0.717, 1.165) is 19.6 Å². The highest BCUT2D eigenvalue weighted by molar-refractivity contribution is 6.25. The number of para-hydroxylation sites is 1. The first kappa shape index (κ1) is 13.4. The fraction of sp³-hybridized carbons (Fsp3) is 0.467. The number of rotatable bonds is 4. The minimum atomic E-state index is 0.483. The van der Waals surface area contributed by atoms with Crippen molar-refractivity contribution in [3.63, 3.8) is 0 Å². The molecule has 2 rings (SSSR count). The zero-order valence-corrected chi connectivity index (χ0v) is 11.7. The number of hydrogen-bond donors (Lipinski definition) is 1. The summed E-state index contributed by atoms with van der Waals surface area (Å²) in [6.07, 6.45) is 4.42. The van der Waals surface area contributed by atoms with Gasteiger partial charge in [0.1, 0.15) is 0 Å². The van der Waals surface area contributed by atoms with Crippen LogP contribution in [-0.4, -0.2) is 19.6 Å². The second kappa shape index (κ2) is 6.81. The maximum atomic E-state index is 5.65. The first-order valence-electron chi connectivity index (χ1n) is 6.69. The van der Waals surface area contributed by atoms with Crippen molar-refractivity contribution >= 4 is 17.3 Å². The summed E-state index contributed by atoms with van der Waals surface area (Å²) in [4.78, 5) is 2.41. The van der Waals surface area contributed by atoms with E-state index in [1.165, 1.54) is 24.1 Å². The Morgan fingerprint density at radius 2 is 2.28 bits per heavy atom. The maximum absolute atomic E-state index is 5.65. The molecule has 1 aromatic rings. The minimum Gasteiger partial charge on any atom is -0.367 e. The number of benzene rings is 1. The van der Waals surface area contributed by atoms with Gasteiger partial charge in [-0.15, -0.1) is 0 Å². The number of nitrogens with one attached hydrogen (secondary N) is 1. The van der Waals surface area contributed by atoms with Gasteiger partial charge in [-0.25, -0.2) is 0 Å². The molecule has 1 aromatic carbocycles. The van der Waals surface area contributed by atoms with Crippen molar-refractivity contribution in [3.8, 4) is 0 Å². The van der Waals surface area contributed by atoms with E-state index in [9.17, 15) is 0 Å². The van der Waals surface area contributed by atoms with E-state index in [0.29, 0.717) is 6.04 Å². The minimum absolute atomic E-state index is 0.483. The topological polar surface area (TPSA) is 15.3 Å². The molecular formula is C15H21ClN2. The van der Waals surface area contributed by atoms with E-state index in [2.05, 4.69) is 41.4 Å². The van der Waals surface area contributed by atoms with E-state index >= 15 is 0 Å². The van der Waals surface area contributed by atoms with Crippen LogP contribution in [0.1, 0.15) is 31.4 Å². The summed E-state index contributed by atoms with van der Waals surface area (Å²) in [5, 5.41) is 3.59. The first-order valence-corrected chi connectivity index (χ1v) is 7.13. The van der Waals surface area contributed by atoms with Crippen LogP contribution in [0.15, 0.2) is 35.9 Å². The zero-order chi connectivity index (χ0) is 12.8. The van der Waals surface area contributed by atoms with Crippen molar-refractivity contribution < 1.29 is 0 Å². The standard InChI is InChI=1S/C15H21ClN2/c1-2-17-14-8-5-11-18(12-6-10-16)15-9-4-3-7-13(14)15/h3-4,6-7,9-10,14,17H,2,5,8,11-12H2,1H3/b10-6+. The number of anilines is 1. The van der Waals surface area contributed by atoms with Gasteiger partial charge < -0.3 is 10.2 Å². The smallest absolute Gasteiger partial charge is 0.0417 e. The third-order valence-electron chi connectivity index (χ3n) is 3.44. The van der Waals surface area contributed by atoms with Crippen molar-refractivity contribution in [2.24, 2.45) is 0 Å². The Morgan fingerprint density at radius 1 is 1.44 bits per heavy atom. The quantitative estimate of drug-likeness (QED) is 0.892. The highest BCUT2D eigenvalue weighted by atomic mass is 35.5. The second-order valence-corrected chi connectivity index (χ2v) is 4.87. The van der Waals surface area contributed by atoms with Crippen molar-refractivity contribution in [1.82, 2.24) is 5.32 Å². The molecule has 0 aromatic heterocycles. The Kier molecular flexibility index (Phi) is 5.09. The SMILES string of the molecule is CCNC1CCCN(C/C=C/Cl)c2ccccc21. The maximum Gasteiger partial charge on any atom is 0.0417 e. The molecule has 0 amide bonds. The highest BCUT2D eigenvalue weighted by Crippen LogP contribution is 2.32. The molecule has 1 aliphatic rings. The Bertz CT molecular complexity index is 403. The van der Waals surface area contributed by atoms with Gasteiger partial charge >= 0.3 is 0 Å². The van der Waals surface area contributed by atoms with Crippen LogP contribution in [0.5, 0.6) is 0 Å². The fourth-order valence-electron chi connectivity index (χ4n) is 2.65. The molecule has 1 heterocycles. The summed E-state index contributed by atoms with van der Waals surface area (Å²) in [6.45, 7) is 5.17. The van der Waals surface area contributed by atoms with Crippen molar-refractivity contribution in [1.29, 1.82) is 0 Å². The molecule has 1 aliphatic heterocycles. The third-order valence-corrected chi connectivity index (χ3v) is 3.62. The van der Waals surface area contributed by atoms with Gasteiger partial charge in [-0.1, -0.05) is 42.8 Å². The van der Waals surface area contributed by atoms with Crippen molar-refractivity contribution in [2.75, 3.05) is 24.5 Å². The van der Waals surface area contributed by atoms with E-state index in [-0.39, 0.29) is 0 Å². The number of halogens is 1. The van der Waals surface area contributed by atoms with Gasteiger partial charge in [0.2, 0.25) is 0 Å². The summed E-state index contributed by atoms with van der Waals surface area (Å²) in [5.74, 6) is 0. The molecule has 0 spiro atoms. The zero-order valence-electron chi connectivity index (χ0n) is 10.9. The van der Waals surface area contributed by atoms with Crippen molar-refractivity contribution in [2.45, 2.75) is 25.8 Å². The average Bonchev–Trinajstić information content (AvgIpc) is 2.57. The lowest BCUT2D eigenvalue weighted by atomic mass is 10.0. The molecule has 0 bridgehead atoms. The summed E-state index contributed by atoms with van der Waals surface area (Å²) >= 11 is 5.65. The van der Waals surface area contributed by atoms with Crippen LogP contribution in [0.3, 0.4) is 0 Å². The lowest BCUT2D eigenvalue weighted by molar-refractivity contribution is 0.511. The van der Waals surface area contributed by atoms with Crippen LogP contribution in [-0.2, 0) is 0 Å². The van der Waals surface area contributed by atoms with Gasteiger partial charge in [-0.3, -0.25) is 0 Å². The van der Waals surface area contributed by atoms with Gasteiger partial charge in [0, 0.05) is 30.4 Å². The summed E-state index contributed by atoms with van der Waals surface area (Å²) in [5.41, 5.74) is 4.37. The van der Waals surface area contributed by atoms with E-state index in [1.54, 1.807) is 5.54 Å². The monoisotopic (exact) mass is 264 g/mol. The molecule has 1 unspecified atom stereocenters. The van der Waals surface area contributed by atoms with E-state index in [1.807, 2.05) is 6.08 Å². The van der Waals surface area contributed by atoms with Crippen LogP contribution in [0, 0.1) is 0 Å². The molecule has 0 aliphatic carbocycles. The van der Waals surface area contributed by atoms with E-state index in [4.69, 9.17) is 11.6 Å². The van der Waals surface area contributed by atoms with Crippen LogP contribution >= 0.6 is 11.6 Å². The average molecular weight is 265 g/mol. The Labute approximate surface area is 115 Å². The molecular weight excluding hydrogens is 244 g/mol. The molecule has 1 N–H and O–H groups in total. The molecule has 98 valence electrons. The van der Waals surface area contributed by atoms with Crippen LogP contribution in [0.4, 0.5) is 5.69 Å². The molecule has 0 saturated carbocycles. The third kappa shape index (κ3) is 3.06. The van der Waals surface area contributed by atoms with Crippen molar-refractivity contribution in [3.05, 3.63) is 41.4 Å². The van der Waals surface area contributed by atoms with Crippen LogP contribution < -0.4 is 10.2 Å². The number of fused-ring (bicyclic) bond motifs is 1. The van der Waals surface area contributed by atoms with Gasteiger partial charge in [-0.05, 0) is 31.0 Å². The predicted molar refractivity (Wildman–Crippen MR) is 79.3 cm³/mol. The normalized spacial score (nSPS) is 19.9. The molecule has 1 atom stereocenters. The molecule has 2 nitrogen and oxygen atoms in total. The number of hydrogen-bond acceptors (Lipinski definition) is 2. The van der Waals surface area contributed by atoms with Gasteiger partial charge in [0.25, 0.3) is 0 Å². The Morgan fingerprint density at radius 3 is 3.06 bits per heavy atom. The lowest BCUT2D eigenvalue weighted by Gasteiger charge is -2.24. The molecule has 0 saturated heterocycles. The summed E-state index contributed by atoms with van der Waals surface area (Å²) in [7, 11) is 0. The largest absolute Gasteiger partial charge is 0.367 e. The lowest BCUT2D eigenvalue weighted by Crippen LogP contribution is -2.24. The van der Waals surface area contributed by atoms with Gasteiger partial charge in [0.05, 0.1) is 0 Å². The highest BCUT2D eigenvalue weighted by Gasteiger charge is 2.20. The first-order chi connectivity index (χ1) is 8.86. The summed E-state index contributed by atoms with van der Waals surface area (Å²) < 4.78 is 0. The molecule has 0 fully saturated rings. The Balaban J connectivity index is 2.28. The van der Waals surface area contributed by atoms with E-state index < -0.39 is 0 Å². The molecule has 0 radical (unpaired) electrons. The van der Waals surface area contributed by atoms with Gasteiger partial charge in [0.15, 0.2) is 0 Å². The fourth-order valence-corrected chi connectivity index (χ4v) is 2.73. The molecule has 3 heteroatoms. The predicted octanol–water partition coefficient (Wildman–Crippen LogP) is 3.69. The second-order valence-electron chi connectivity index (χ2n) is 4.62. The van der Waals surface area contributed by atoms with Gasteiger partial charge in [-0.2, -0.15) is 0 Å². The number of nitrogens with zero attached hydrogens (tertiary/aromatic N) is 1. The van der Waals surface area contributed by atoms with Crippen LogP contribution in [0.25, 0.3) is 0 Å².